The van der Waals surface area contributed by atoms with Gasteiger partial charge in [-0.2, -0.15) is 0 Å². The Hall–Kier alpha value is -1.88. The van der Waals surface area contributed by atoms with Gasteiger partial charge in [0, 0.05) is 35.1 Å². The number of aryl methyl sites for hydroxylation is 1. The van der Waals surface area contributed by atoms with Crippen molar-refractivity contribution < 1.29 is 4.79 Å². The topological polar surface area (TPSA) is 45.2 Å². The maximum absolute atomic E-state index is 12.7. The lowest BCUT2D eigenvalue weighted by atomic mass is 10.2. The number of nitrogens with zero attached hydrogens (tertiary/aromatic N) is 2. The van der Waals surface area contributed by atoms with Crippen LogP contribution < -0.4 is 5.32 Å². The average molecular weight is 388 g/mol. The van der Waals surface area contributed by atoms with Crippen LogP contribution in [0.3, 0.4) is 0 Å². The van der Waals surface area contributed by atoms with Crippen LogP contribution in [0.5, 0.6) is 0 Å². The summed E-state index contributed by atoms with van der Waals surface area (Å²) in [4.78, 5) is 18.9. The zero-order valence-corrected chi connectivity index (χ0v) is 15.5. The van der Waals surface area contributed by atoms with Gasteiger partial charge in [-0.1, -0.05) is 34.8 Å². The van der Waals surface area contributed by atoms with Crippen molar-refractivity contribution >= 4 is 33.2 Å². The first-order valence-corrected chi connectivity index (χ1v) is 9.21. The summed E-state index contributed by atoms with van der Waals surface area (Å²) in [6.45, 7) is 3.73. The molecule has 0 atom stereocenters. The van der Waals surface area contributed by atoms with Gasteiger partial charge in [0.2, 0.25) is 0 Å². The van der Waals surface area contributed by atoms with E-state index in [4.69, 9.17) is 0 Å². The molecule has 1 N–H and O–H groups in total. The van der Waals surface area contributed by atoms with Gasteiger partial charge in [-0.05, 0) is 49.6 Å². The SMILES string of the molecule is Cc1ccc(Nc2ccnc(C(=O)N3CCCCCC3)c2)cc1Br. The van der Waals surface area contributed by atoms with Crippen molar-refractivity contribution in [2.45, 2.75) is 32.6 Å². The number of pyridine rings is 1. The molecule has 0 radical (unpaired) electrons. The van der Waals surface area contributed by atoms with Crippen LogP contribution in [0.1, 0.15) is 41.7 Å². The molecule has 1 fully saturated rings. The number of likely N-dealkylation sites (tertiary alicyclic amines) is 1. The van der Waals surface area contributed by atoms with Crippen molar-refractivity contribution in [3.8, 4) is 0 Å². The van der Waals surface area contributed by atoms with Gasteiger partial charge in [-0.3, -0.25) is 9.78 Å². The highest BCUT2D eigenvalue weighted by Gasteiger charge is 2.18. The zero-order valence-electron chi connectivity index (χ0n) is 13.9. The van der Waals surface area contributed by atoms with Gasteiger partial charge in [0.1, 0.15) is 5.69 Å². The Balaban J connectivity index is 1.75. The number of aromatic nitrogens is 1. The first-order chi connectivity index (χ1) is 11.6. The Morgan fingerprint density at radius 3 is 2.50 bits per heavy atom. The number of anilines is 2. The number of halogens is 1. The molecule has 1 aromatic heterocycles. The van der Waals surface area contributed by atoms with E-state index in [-0.39, 0.29) is 5.91 Å². The Kier molecular flexibility index (Phi) is 5.51. The lowest BCUT2D eigenvalue weighted by molar-refractivity contribution is 0.0756. The highest BCUT2D eigenvalue weighted by molar-refractivity contribution is 9.10. The molecule has 1 amide bonds. The fourth-order valence-electron chi connectivity index (χ4n) is 2.90. The third-order valence-electron chi connectivity index (χ3n) is 4.33. The number of carbonyl (C=O) groups is 1. The largest absolute Gasteiger partial charge is 0.355 e. The monoisotopic (exact) mass is 387 g/mol. The molecular formula is C19H22BrN3O. The van der Waals surface area contributed by atoms with Gasteiger partial charge in [0.05, 0.1) is 0 Å². The number of hydrogen-bond acceptors (Lipinski definition) is 3. The van der Waals surface area contributed by atoms with Gasteiger partial charge in [-0.15, -0.1) is 0 Å². The minimum atomic E-state index is 0.0330. The molecule has 0 spiro atoms. The molecular weight excluding hydrogens is 366 g/mol. The van der Waals surface area contributed by atoms with Crippen molar-refractivity contribution in [2.75, 3.05) is 18.4 Å². The maximum atomic E-state index is 12.7. The van der Waals surface area contributed by atoms with Gasteiger partial charge < -0.3 is 10.2 Å². The second-order valence-electron chi connectivity index (χ2n) is 6.23. The molecule has 0 unspecified atom stereocenters. The second kappa shape index (κ2) is 7.79. The minimum Gasteiger partial charge on any atom is -0.355 e. The molecule has 5 heteroatoms. The summed E-state index contributed by atoms with van der Waals surface area (Å²) in [6, 6.07) is 9.83. The van der Waals surface area contributed by atoms with Gasteiger partial charge >= 0.3 is 0 Å². The number of carbonyl (C=O) groups excluding carboxylic acids is 1. The van der Waals surface area contributed by atoms with E-state index < -0.39 is 0 Å². The van der Waals surface area contributed by atoms with Crippen LogP contribution in [0.25, 0.3) is 0 Å². The number of amides is 1. The van der Waals surface area contributed by atoms with Crippen molar-refractivity contribution in [1.82, 2.24) is 9.88 Å². The molecule has 2 aromatic rings. The Bertz CT molecular complexity index is 724. The third-order valence-corrected chi connectivity index (χ3v) is 5.19. The zero-order chi connectivity index (χ0) is 16.9. The summed E-state index contributed by atoms with van der Waals surface area (Å²) < 4.78 is 1.06. The van der Waals surface area contributed by atoms with Gasteiger partial charge in [0.15, 0.2) is 0 Å². The standard InChI is InChI=1S/C19H22BrN3O/c1-14-6-7-15(12-17(14)20)22-16-8-9-21-18(13-16)19(24)23-10-4-2-3-5-11-23/h6-9,12-13H,2-5,10-11H2,1H3,(H,21,22). The lowest BCUT2D eigenvalue weighted by Gasteiger charge is -2.20. The summed E-state index contributed by atoms with van der Waals surface area (Å²) in [5.41, 5.74) is 3.55. The number of benzene rings is 1. The van der Waals surface area contributed by atoms with E-state index in [0.717, 1.165) is 41.8 Å². The molecule has 1 saturated heterocycles. The van der Waals surface area contributed by atoms with Crippen LogP contribution in [0.2, 0.25) is 0 Å². The predicted octanol–water partition coefficient (Wildman–Crippen LogP) is 4.91. The summed E-state index contributed by atoms with van der Waals surface area (Å²) in [7, 11) is 0. The van der Waals surface area contributed by atoms with E-state index in [0.29, 0.717) is 5.69 Å². The lowest BCUT2D eigenvalue weighted by Crippen LogP contribution is -2.32. The number of nitrogens with one attached hydrogen (secondary N) is 1. The van der Waals surface area contributed by atoms with E-state index in [1.54, 1.807) is 6.20 Å². The maximum Gasteiger partial charge on any atom is 0.272 e. The number of hydrogen-bond donors (Lipinski definition) is 1. The van der Waals surface area contributed by atoms with Crippen LogP contribution in [-0.2, 0) is 0 Å². The third kappa shape index (κ3) is 4.15. The minimum absolute atomic E-state index is 0.0330. The molecule has 0 saturated carbocycles. The smallest absolute Gasteiger partial charge is 0.272 e. The first-order valence-electron chi connectivity index (χ1n) is 8.42. The van der Waals surface area contributed by atoms with Crippen molar-refractivity contribution in [3.63, 3.8) is 0 Å². The van der Waals surface area contributed by atoms with Crippen molar-refractivity contribution in [2.24, 2.45) is 0 Å². The highest BCUT2D eigenvalue weighted by Crippen LogP contribution is 2.24. The van der Waals surface area contributed by atoms with Crippen LogP contribution in [-0.4, -0.2) is 28.9 Å². The van der Waals surface area contributed by atoms with Crippen molar-refractivity contribution in [3.05, 3.63) is 52.3 Å². The Morgan fingerprint density at radius 2 is 1.79 bits per heavy atom. The first kappa shape index (κ1) is 17.0. The van der Waals surface area contributed by atoms with E-state index in [1.165, 1.54) is 18.4 Å². The van der Waals surface area contributed by atoms with Crippen LogP contribution >= 0.6 is 15.9 Å². The van der Waals surface area contributed by atoms with E-state index in [2.05, 4.69) is 39.2 Å². The molecule has 1 aromatic carbocycles. The highest BCUT2D eigenvalue weighted by atomic mass is 79.9. The summed E-state index contributed by atoms with van der Waals surface area (Å²) in [6.07, 6.45) is 6.28. The molecule has 24 heavy (non-hydrogen) atoms. The van der Waals surface area contributed by atoms with Crippen LogP contribution in [0.4, 0.5) is 11.4 Å². The van der Waals surface area contributed by atoms with Gasteiger partial charge in [-0.25, -0.2) is 0 Å². The average Bonchev–Trinajstić information content (AvgIpc) is 2.87. The molecule has 126 valence electrons. The van der Waals surface area contributed by atoms with E-state index in [1.807, 2.05) is 29.2 Å². The summed E-state index contributed by atoms with van der Waals surface area (Å²) in [5.74, 6) is 0.0330. The second-order valence-corrected chi connectivity index (χ2v) is 7.08. The molecule has 1 aliphatic rings. The Morgan fingerprint density at radius 1 is 1.08 bits per heavy atom. The Labute approximate surface area is 151 Å². The fraction of sp³-hybridized carbons (Fsp3) is 0.368. The van der Waals surface area contributed by atoms with E-state index in [9.17, 15) is 4.79 Å². The van der Waals surface area contributed by atoms with E-state index >= 15 is 0 Å². The van der Waals surface area contributed by atoms with Gasteiger partial charge in [0.25, 0.3) is 5.91 Å². The predicted molar refractivity (Wildman–Crippen MR) is 101 cm³/mol. The van der Waals surface area contributed by atoms with Crippen LogP contribution in [0.15, 0.2) is 41.0 Å². The molecule has 4 nitrogen and oxygen atoms in total. The summed E-state index contributed by atoms with van der Waals surface area (Å²) >= 11 is 3.54. The van der Waals surface area contributed by atoms with Crippen LogP contribution in [0, 0.1) is 6.92 Å². The molecule has 3 rings (SSSR count). The molecule has 1 aliphatic heterocycles. The molecule has 0 bridgehead atoms. The molecule has 0 aliphatic carbocycles. The number of rotatable bonds is 3. The van der Waals surface area contributed by atoms with Crippen molar-refractivity contribution in [1.29, 1.82) is 0 Å². The summed E-state index contributed by atoms with van der Waals surface area (Å²) in [5, 5.41) is 3.34. The fourth-order valence-corrected chi connectivity index (χ4v) is 3.28. The quantitative estimate of drug-likeness (QED) is 0.813. The molecule has 2 heterocycles. The normalized spacial score (nSPS) is 15.0.